The number of nitro groups is 1. The van der Waals surface area contributed by atoms with E-state index in [0.717, 1.165) is 11.3 Å². The molecule has 3 rings (SSSR count). The zero-order chi connectivity index (χ0) is 16.9. The zero-order valence-electron chi connectivity index (χ0n) is 12.9. The number of nitrogens with one attached hydrogen (secondary N) is 2. The van der Waals surface area contributed by atoms with E-state index in [4.69, 9.17) is 0 Å². The van der Waals surface area contributed by atoms with E-state index in [9.17, 15) is 14.9 Å². The first-order valence-corrected chi connectivity index (χ1v) is 8.52. The number of para-hydroxylation sites is 2. The number of carbonyl (C=O) groups is 1. The number of carbonyl (C=O) groups excluding carboxylic acids is 1. The summed E-state index contributed by atoms with van der Waals surface area (Å²) in [4.78, 5) is 23.9. The van der Waals surface area contributed by atoms with E-state index < -0.39 is 4.92 Å². The van der Waals surface area contributed by atoms with E-state index in [0.29, 0.717) is 18.8 Å². The van der Waals surface area contributed by atoms with Crippen molar-refractivity contribution in [3.63, 3.8) is 0 Å². The van der Waals surface area contributed by atoms with Crippen LogP contribution in [0.3, 0.4) is 0 Å². The number of amides is 1. The number of fused-ring (bicyclic) bond motifs is 1. The Morgan fingerprint density at radius 3 is 2.71 bits per heavy atom. The van der Waals surface area contributed by atoms with Crippen LogP contribution in [0.25, 0.3) is 0 Å². The third kappa shape index (κ3) is 3.68. The maximum absolute atomic E-state index is 12.2. The highest BCUT2D eigenvalue weighted by Crippen LogP contribution is 2.36. The number of benzene rings is 2. The molecule has 24 heavy (non-hydrogen) atoms. The molecule has 7 heteroatoms. The van der Waals surface area contributed by atoms with Gasteiger partial charge in [0.05, 0.1) is 10.2 Å². The molecular formula is C17H17N3O3S. The molecule has 0 bridgehead atoms. The molecule has 1 unspecified atom stereocenters. The standard InChI is InChI=1S/C17H17N3O3S/c21-17(16-11-12-5-1-4-8-15(12)24-16)19-10-9-18-13-6-2-3-7-14(13)20(22)23/h1-8,16,18H,9-11H2,(H,19,21). The van der Waals surface area contributed by atoms with Crippen molar-refractivity contribution in [3.8, 4) is 0 Å². The molecule has 0 radical (unpaired) electrons. The van der Waals surface area contributed by atoms with E-state index >= 15 is 0 Å². The van der Waals surface area contributed by atoms with Crippen LogP contribution < -0.4 is 10.6 Å². The Hall–Kier alpha value is -2.54. The average Bonchev–Trinajstić information content (AvgIpc) is 3.03. The van der Waals surface area contributed by atoms with Crippen LogP contribution in [-0.2, 0) is 11.2 Å². The van der Waals surface area contributed by atoms with Crippen molar-refractivity contribution >= 4 is 29.0 Å². The van der Waals surface area contributed by atoms with Gasteiger partial charge in [-0.1, -0.05) is 30.3 Å². The first kappa shape index (κ1) is 16.3. The quantitative estimate of drug-likeness (QED) is 0.479. The molecule has 1 atom stereocenters. The van der Waals surface area contributed by atoms with Crippen molar-refractivity contribution in [1.82, 2.24) is 5.32 Å². The van der Waals surface area contributed by atoms with Gasteiger partial charge in [0, 0.05) is 24.1 Å². The highest BCUT2D eigenvalue weighted by atomic mass is 32.2. The molecule has 0 saturated heterocycles. The Kier molecular flexibility index (Phi) is 5.00. The molecular weight excluding hydrogens is 326 g/mol. The van der Waals surface area contributed by atoms with E-state index in [-0.39, 0.29) is 16.8 Å². The smallest absolute Gasteiger partial charge is 0.292 e. The fourth-order valence-electron chi connectivity index (χ4n) is 2.61. The molecule has 0 spiro atoms. The van der Waals surface area contributed by atoms with Crippen LogP contribution in [0.1, 0.15) is 5.56 Å². The summed E-state index contributed by atoms with van der Waals surface area (Å²) in [6, 6.07) is 14.5. The highest BCUT2D eigenvalue weighted by Gasteiger charge is 2.27. The van der Waals surface area contributed by atoms with Crippen LogP contribution in [0.5, 0.6) is 0 Å². The first-order chi connectivity index (χ1) is 11.6. The molecule has 2 aromatic rings. The van der Waals surface area contributed by atoms with Gasteiger partial charge in [-0.25, -0.2) is 0 Å². The normalized spacial score (nSPS) is 15.6. The Morgan fingerprint density at radius 1 is 1.17 bits per heavy atom. The molecule has 0 aromatic heterocycles. The minimum atomic E-state index is -0.423. The van der Waals surface area contributed by atoms with Crippen molar-refractivity contribution < 1.29 is 9.72 Å². The van der Waals surface area contributed by atoms with Gasteiger partial charge in [0.2, 0.25) is 5.91 Å². The number of thioether (sulfide) groups is 1. The molecule has 0 saturated carbocycles. The second-order valence-corrected chi connectivity index (χ2v) is 6.65. The second-order valence-electron chi connectivity index (χ2n) is 5.41. The van der Waals surface area contributed by atoms with Gasteiger partial charge in [0.1, 0.15) is 5.69 Å². The molecule has 1 aliphatic heterocycles. The minimum absolute atomic E-state index is 0.000520. The summed E-state index contributed by atoms with van der Waals surface area (Å²) in [5, 5.41) is 16.7. The van der Waals surface area contributed by atoms with Crippen molar-refractivity contribution in [2.75, 3.05) is 18.4 Å². The summed E-state index contributed by atoms with van der Waals surface area (Å²) < 4.78 is 0. The van der Waals surface area contributed by atoms with E-state index in [1.165, 1.54) is 11.6 Å². The summed E-state index contributed by atoms with van der Waals surface area (Å²) in [6.45, 7) is 0.846. The fraction of sp³-hybridized carbons (Fsp3) is 0.235. The Labute approximate surface area is 143 Å². The van der Waals surface area contributed by atoms with Crippen molar-refractivity contribution in [2.24, 2.45) is 0 Å². The lowest BCUT2D eigenvalue weighted by molar-refractivity contribution is -0.384. The first-order valence-electron chi connectivity index (χ1n) is 7.64. The van der Waals surface area contributed by atoms with Gasteiger partial charge < -0.3 is 10.6 Å². The van der Waals surface area contributed by atoms with E-state index in [2.05, 4.69) is 10.6 Å². The van der Waals surface area contributed by atoms with Gasteiger partial charge in [0.15, 0.2) is 0 Å². The van der Waals surface area contributed by atoms with Crippen molar-refractivity contribution in [3.05, 3.63) is 64.2 Å². The number of rotatable bonds is 6. The molecule has 0 fully saturated rings. The third-order valence-electron chi connectivity index (χ3n) is 3.78. The highest BCUT2D eigenvalue weighted by molar-refractivity contribution is 8.01. The third-order valence-corrected chi connectivity index (χ3v) is 5.10. The molecule has 124 valence electrons. The van der Waals surface area contributed by atoms with Crippen LogP contribution >= 0.6 is 11.8 Å². The molecule has 1 heterocycles. The predicted molar refractivity (Wildman–Crippen MR) is 94.4 cm³/mol. The summed E-state index contributed by atoms with van der Waals surface area (Å²) in [6.07, 6.45) is 0.740. The molecule has 1 aliphatic rings. The maximum atomic E-state index is 12.2. The van der Waals surface area contributed by atoms with Crippen molar-refractivity contribution in [2.45, 2.75) is 16.6 Å². The van der Waals surface area contributed by atoms with Crippen LogP contribution in [0, 0.1) is 10.1 Å². The van der Waals surface area contributed by atoms with Crippen LogP contribution in [0.4, 0.5) is 11.4 Å². The summed E-state index contributed by atoms with van der Waals surface area (Å²) in [5.74, 6) is 0.000520. The summed E-state index contributed by atoms with van der Waals surface area (Å²) >= 11 is 1.58. The number of nitro benzene ring substituents is 1. The summed E-state index contributed by atoms with van der Waals surface area (Å²) in [7, 11) is 0. The van der Waals surface area contributed by atoms with Gasteiger partial charge in [-0.2, -0.15) is 0 Å². The average molecular weight is 343 g/mol. The van der Waals surface area contributed by atoms with Crippen LogP contribution in [0.15, 0.2) is 53.4 Å². The summed E-state index contributed by atoms with van der Waals surface area (Å²) in [5.41, 5.74) is 1.70. The molecule has 0 aliphatic carbocycles. The minimum Gasteiger partial charge on any atom is -0.378 e. The number of nitrogens with zero attached hydrogens (tertiary/aromatic N) is 1. The van der Waals surface area contributed by atoms with Crippen molar-refractivity contribution in [1.29, 1.82) is 0 Å². The second kappa shape index (κ2) is 7.35. The van der Waals surface area contributed by atoms with E-state index in [1.54, 1.807) is 30.0 Å². The molecule has 2 aromatic carbocycles. The SMILES string of the molecule is O=C(NCCNc1ccccc1[N+](=O)[O-])C1Cc2ccccc2S1. The van der Waals surface area contributed by atoms with Gasteiger partial charge in [-0.15, -0.1) is 11.8 Å². The maximum Gasteiger partial charge on any atom is 0.292 e. The van der Waals surface area contributed by atoms with Gasteiger partial charge >= 0.3 is 0 Å². The van der Waals surface area contributed by atoms with Gasteiger partial charge in [-0.3, -0.25) is 14.9 Å². The van der Waals surface area contributed by atoms with Crippen LogP contribution in [0.2, 0.25) is 0 Å². The lowest BCUT2D eigenvalue weighted by atomic mass is 10.1. The lowest BCUT2D eigenvalue weighted by Gasteiger charge is -2.11. The Morgan fingerprint density at radius 2 is 1.92 bits per heavy atom. The number of hydrogen-bond acceptors (Lipinski definition) is 5. The predicted octanol–water partition coefficient (Wildman–Crippen LogP) is 2.84. The monoisotopic (exact) mass is 343 g/mol. The molecule has 2 N–H and O–H groups in total. The largest absolute Gasteiger partial charge is 0.378 e. The number of anilines is 1. The lowest BCUT2D eigenvalue weighted by Crippen LogP contribution is -2.35. The Balaban J connectivity index is 1.46. The van der Waals surface area contributed by atoms with Crippen LogP contribution in [-0.4, -0.2) is 29.2 Å². The molecule has 1 amide bonds. The molecule has 6 nitrogen and oxygen atoms in total. The zero-order valence-corrected chi connectivity index (χ0v) is 13.7. The van der Waals surface area contributed by atoms with Gasteiger partial charge in [0.25, 0.3) is 5.69 Å². The fourth-order valence-corrected chi connectivity index (χ4v) is 3.83. The van der Waals surface area contributed by atoms with Gasteiger partial charge in [-0.05, 0) is 24.1 Å². The Bertz CT molecular complexity index is 741. The topological polar surface area (TPSA) is 84.3 Å². The van der Waals surface area contributed by atoms with E-state index in [1.807, 2.05) is 24.3 Å². The number of hydrogen-bond donors (Lipinski definition) is 2.